The molecule has 0 N–H and O–H groups in total. The number of hydrogen-bond acceptors (Lipinski definition) is 2. The third-order valence-corrected chi connectivity index (χ3v) is 2.33. The van der Waals surface area contributed by atoms with Crippen LogP contribution in [0.2, 0.25) is 0 Å². The topological polar surface area (TPSA) is 26.3 Å². The Bertz CT molecular complexity index is 198. The molecule has 0 aromatic heterocycles. The van der Waals surface area contributed by atoms with Crippen LogP contribution in [0.1, 0.15) is 19.3 Å². The van der Waals surface area contributed by atoms with Crippen LogP contribution in [0, 0.1) is 5.41 Å². The zero-order valence-corrected chi connectivity index (χ0v) is 7.21. The highest BCUT2D eigenvalue weighted by molar-refractivity contribution is 5.81. The Hall–Kier alpha value is -1.05. The Morgan fingerprint density at radius 3 is 2.58 bits per heavy atom. The molecular formula is C10H14O2. The second-order valence-corrected chi connectivity index (χ2v) is 3.04. The van der Waals surface area contributed by atoms with Gasteiger partial charge in [-0.25, -0.2) is 0 Å². The molecule has 1 fully saturated rings. The first-order valence-corrected chi connectivity index (χ1v) is 4.19. The van der Waals surface area contributed by atoms with E-state index in [0.29, 0.717) is 6.61 Å². The monoisotopic (exact) mass is 166 g/mol. The molecule has 2 heteroatoms. The lowest BCUT2D eigenvalue weighted by atomic mass is 9.84. The second-order valence-electron chi connectivity index (χ2n) is 3.04. The maximum absolute atomic E-state index is 11.4. The molecule has 0 amide bonds. The zero-order valence-electron chi connectivity index (χ0n) is 7.21. The highest BCUT2D eigenvalue weighted by Crippen LogP contribution is 2.31. The summed E-state index contributed by atoms with van der Waals surface area (Å²) in [7, 11) is 0. The van der Waals surface area contributed by atoms with Crippen molar-refractivity contribution in [1.29, 1.82) is 0 Å². The summed E-state index contributed by atoms with van der Waals surface area (Å²) in [6.45, 7) is 7.82. The Morgan fingerprint density at radius 1 is 1.33 bits per heavy atom. The fourth-order valence-electron chi connectivity index (χ4n) is 1.37. The summed E-state index contributed by atoms with van der Waals surface area (Å²) in [6, 6.07) is 0. The van der Waals surface area contributed by atoms with Gasteiger partial charge in [-0.15, -0.1) is 13.2 Å². The van der Waals surface area contributed by atoms with Crippen molar-refractivity contribution in [2.24, 2.45) is 5.41 Å². The average molecular weight is 166 g/mol. The minimum atomic E-state index is -0.628. The van der Waals surface area contributed by atoms with E-state index in [4.69, 9.17) is 4.74 Å². The average Bonchev–Trinajstić information content (AvgIpc) is 2.28. The minimum Gasteiger partial charge on any atom is -0.465 e. The molecule has 0 bridgehead atoms. The van der Waals surface area contributed by atoms with Crippen molar-refractivity contribution >= 4 is 5.97 Å². The first kappa shape index (κ1) is 9.04. The smallest absolute Gasteiger partial charge is 0.319 e. The van der Waals surface area contributed by atoms with E-state index in [9.17, 15) is 4.79 Å². The Balaban J connectivity index is 2.87. The molecule has 1 heterocycles. The maximum atomic E-state index is 11.4. The van der Waals surface area contributed by atoms with E-state index in [0.717, 1.165) is 19.3 Å². The van der Waals surface area contributed by atoms with Crippen LogP contribution in [-0.4, -0.2) is 12.6 Å². The van der Waals surface area contributed by atoms with Crippen molar-refractivity contribution in [3.8, 4) is 0 Å². The molecule has 0 aliphatic carbocycles. The van der Waals surface area contributed by atoms with Crippen LogP contribution in [-0.2, 0) is 9.53 Å². The number of cyclic esters (lactones) is 1. The summed E-state index contributed by atoms with van der Waals surface area (Å²) in [5.41, 5.74) is -0.628. The highest BCUT2D eigenvalue weighted by atomic mass is 16.5. The van der Waals surface area contributed by atoms with Crippen molar-refractivity contribution in [2.75, 3.05) is 6.61 Å². The number of rotatable bonds is 2. The summed E-state index contributed by atoms with van der Waals surface area (Å²) in [5, 5.41) is 0. The third kappa shape index (κ3) is 1.42. The van der Waals surface area contributed by atoms with Crippen molar-refractivity contribution in [3.63, 3.8) is 0 Å². The van der Waals surface area contributed by atoms with Gasteiger partial charge in [0.05, 0.1) is 6.61 Å². The Labute approximate surface area is 72.9 Å². The van der Waals surface area contributed by atoms with Gasteiger partial charge in [-0.3, -0.25) is 4.79 Å². The van der Waals surface area contributed by atoms with Crippen molar-refractivity contribution in [1.82, 2.24) is 0 Å². The van der Waals surface area contributed by atoms with Crippen molar-refractivity contribution in [2.45, 2.75) is 19.3 Å². The molecule has 0 aromatic rings. The van der Waals surface area contributed by atoms with Gasteiger partial charge >= 0.3 is 5.97 Å². The van der Waals surface area contributed by atoms with Crippen LogP contribution in [0.4, 0.5) is 0 Å². The van der Waals surface area contributed by atoms with E-state index >= 15 is 0 Å². The zero-order chi connectivity index (χ0) is 9.03. The van der Waals surface area contributed by atoms with Gasteiger partial charge in [0, 0.05) is 0 Å². The predicted molar refractivity (Wildman–Crippen MR) is 47.6 cm³/mol. The van der Waals surface area contributed by atoms with Crippen LogP contribution in [0.3, 0.4) is 0 Å². The molecule has 0 saturated carbocycles. The number of hydrogen-bond donors (Lipinski definition) is 0. The van der Waals surface area contributed by atoms with Crippen LogP contribution in [0.15, 0.2) is 25.3 Å². The van der Waals surface area contributed by atoms with E-state index in [-0.39, 0.29) is 5.97 Å². The molecule has 0 atom stereocenters. The summed E-state index contributed by atoms with van der Waals surface area (Å²) in [5.74, 6) is -0.204. The lowest BCUT2D eigenvalue weighted by Crippen LogP contribution is -2.26. The fourth-order valence-corrected chi connectivity index (χ4v) is 1.37. The van der Waals surface area contributed by atoms with Gasteiger partial charge in [0.1, 0.15) is 5.41 Å². The van der Waals surface area contributed by atoms with E-state index in [1.54, 1.807) is 12.2 Å². The van der Waals surface area contributed by atoms with Crippen LogP contribution < -0.4 is 0 Å². The maximum Gasteiger partial charge on any atom is 0.319 e. The molecule has 12 heavy (non-hydrogen) atoms. The Kier molecular flexibility index (Phi) is 2.69. The van der Waals surface area contributed by atoms with Gasteiger partial charge < -0.3 is 4.74 Å². The summed E-state index contributed by atoms with van der Waals surface area (Å²) < 4.78 is 5.02. The van der Waals surface area contributed by atoms with E-state index in [1.807, 2.05) is 0 Å². The molecule has 0 aromatic carbocycles. The predicted octanol–water partition coefficient (Wildman–Crippen LogP) is 2.07. The normalized spacial score (nSPS) is 22.2. The lowest BCUT2D eigenvalue weighted by molar-refractivity contribution is -0.149. The molecule has 0 spiro atoms. The summed E-state index contributed by atoms with van der Waals surface area (Å²) in [4.78, 5) is 11.4. The highest BCUT2D eigenvalue weighted by Gasteiger charge is 2.34. The molecule has 2 nitrogen and oxygen atoms in total. The van der Waals surface area contributed by atoms with Crippen molar-refractivity contribution < 1.29 is 9.53 Å². The van der Waals surface area contributed by atoms with Gasteiger partial charge in [-0.05, 0) is 19.3 Å². The molecule has 0 radical (unpaired) electrons. The second kappa shape index (κ2) is 3.57. The largest absolute Gasteiger partial charge is 0.465 e. The molecule has 1 saturated heterocycles. The Morgan fingerprint density at radius 2 is 2.00 bits per heavy atom. The molecule has 1 rings (SSSR count). The lowest BCUT2D eigenvalue weighted by Gasteiger charge is -2.20. The van der Waals surface area contributed by atoms with E-state index in [2.05, 4.69) is 13.2 Å². The quantitative estimate of drug-likeness (QED) is 0.463. The van der Waals surface area contributed by atoms with Gasteiger partial charge in [0.2, 0.25) is 0 Å². The van der Waals surface area contributed by atoms with Crippen LogP contribution in [0.25, 0.3) is 0 Å². The first-order valence-electron chi connectivity index (χ1n) is 4.19. The SMILES string of the molecule is C=CC1(C=C)CCCCOC1=O. The van der Waals surface area contributed by atoms with Gasteiger partial charge in [-0.2, -0.15) is 0 Å². The summed E-state index contributed by atoms with van der Waals surface area (Å²) in [6.07, 6.45) is 5.97. The number of ether oxygens (including phenoxy) is 1. The molecular weight excluding hydrogens is 152 g/mol. The minimum absolute atomic E-state index is 0.204. The molecule has 66 valence electrons. The van der Waals surface area contributed by atoms with Crippen LogP contribution >= 0.6 is 0 Å². The standard InChI is InChI=1S/C10H14O2/c1-3-10(4-2)7-5-6-8-12-9(10)11/h3-4H,1-2,5-8H2. The summed E-state index contributed by atoms with van der Waals surface area (Å²) >= 11 is 0. The number of carbonyl (C=O) groups excluding carboxylic acids is 1. The molecule has 1 aliphatic heterocycles. The first-order chi connectivity index (χ1) is 5.75. The van der Waals surface area contributed by atoms with E-state index in [1.165, 1.54) is 0 Å². The number of esters is 1. The molecule has 1 aliphatic rings. The molecule has 0 unspecified atom stereocenters. The van der Waals surface area contributed by atoms with Crippen molar-refractivity contribution in [3.05, 3.63) is 25.3 Å². The van der Waals surface area contributed by atoms with E-state index < -0.39 is 5.41 Å². The van der Waals surface area contributed by atoms with Crippen LogP contribution in [0.5, 0.6) is 0 Å². The van der Waals surface area contributed by atoms with Gasteiger partial charge in [0.15, 0.2) is 0 Å². The third-order valence-electron chi connectivity index (χ3n) is 2.33. The van der Waals surface area contributed by atoms with Gasteiger partial charge in [-0.1, -0.05) is 12.2 Å². The number of carbonyl (C=O) groups is 1. The fraction of sp³-hybridized carbons (Fsp3) is 0.500. The van der Waals surface area contributed by atoms with Gasteiger partial charge in [0.25, 0.3) is 0 Å².